The Balaban J connectivity index is 1.31. The fraction of sp³-hybridized carbons (Fsp3) is 0.292. The molecule has 2 aliphatic rings. The average Bonchev–Trinajstić information content (AvgIpc) is 3.40. The Labute approximate surface area is 210 Å². The molecule has 33 heavy (non-hydrogen) atoms. The molecule has 2 aliphatic heterocycles. The number of carbonyl (C=O) groups is 2. The maximum Gasteiger partial charge on any atom is 0.266 e. The van der Waals surface area contributed by atoms with Crippen molar-refractivity contribution in [2.24, 2.45) is 0 Å². The minimum atomic E-state index is -0.240. The Morgan fingerprint density at radius 1 is 1.33 bits per heavy atom. The molecule has 0 radical (unpaired) electrons. The van der Waals surface area contributed by atoms with Gasteiger partial charge < -0.3 is 14.8 Å². The van der Waals surface area contributed by atoms with E-state index < -0.39 is 0 Å². The fourth-order valence-corrected chi connectivity index (χ4v) is 5.05. The molecule has 0 spiro atoms. The molecule has 2 heterocycles. The number of anilines is 1. The second-order valence-corrected chi connectivity index (χ2v) is 10.3. The topological polar surface area (TPSA) is 67.9 Å². The average molecular weight is 547 g/mol. The number of thioether (sulfide) groups is 1. The van der Waals surface area contributed by atoms with Crippen LogP contribution in [0.4, 0.5) is 5.69 Å². The highest BCUT2D eigenvalue weighted by molar-refractivity contribution is 9.10. The van der Waals surface area contributed by atoms with Crippen LogP contribution in [-0.2, 0) is 14.3 Å². The van der Waals surface area contributed by atoms with Gasteiger partial charge in [-0.2, -0.15) is 0 Å². The van der Waals surface area contributed by atoms with E-state index in [2.05, 4.69) is 21.2 Å². The standard InChI is InChI=1S/C24H23BrN2O4S2/c1-15-11-17(6-9-20(15)25)26-22(28)14-31-18-7-4-16(5-8-18)12-21-23(29)27(24(32)33-21)13-19-3-2-10-30-19/h4-9,11-12,19H,2-3,10,13-14H2,1H3,(H,26,28)/b21-12-/t19-/m1/s1. The van der Waals surface area contributed by atoms with Crippen molar-refractivity contribution in [3.05, 3.63) is 63.0 Å². The number of carbonyl (C=O) groups excluding carboxylic acids is 2. The molecule has 6 nitrogen and oxygen atoms in total. The van der Waals surface area contributed by atoms with Crippen LogP contribution in [0, 0.1) is 6.92 Å². The van der Waals surface area contributed by atoms with Gasteiger partial charge in [-0.1, -0.05) is 52.0 Å². The van der Waals surface area contributed by atoms with Gasteiger partial charge in [0.1, 0.15) is 10.1 Å². The summed E-state index contributed by atoms with van der Waals surface area (Å²) in [4.78, 5) is 27.2. The molecule has 0 aromatic heterocycles. The number of nitrogens with zero attached hydrogens (tertiary/aromatic N) is 1. The number of amides is 2. The van der Waals surface area contributed by atoms with E-state index in [1.165, 1.54) is 11.8 Å². The molecule has 0 saturated carbocycles. The van der Waals surface area contributed by atoms with Crippen molar-refractivity contribution in [2.45, 2.75) is 25.9 Å². The molecule has 2 aromatic carbocycles. The third kappa shape index (κ3) is 6.23. The summed E-state index contributed by atoms with van der Waals surface area (Å²) < 4.78 is 12.8. The summed E-state index contributed by atoms with van der Waals surface area (Å²) in [5, 5.41) is 2.82. The first-order valence-electron chi connectivity index (χ1n) is 10.5. The quantitative estimate of drug-likeness (QED) is 0.382. The van der Waals surface area contributed by atoms with E-state index in [1.54, 1.807) is 17.0 Å². The number of nitrogens with one attached hydrogen (secondary N) is 1. The second-order valence-electron chi connectivity index (χ2n) is 7.80. The minimum Gasteiger partial charge on any atom is -0.484 e. The van der Waals surface area contributed by atoms with Crippen molar-refractivity contribution in [3.63, 3.8) is 0 Å². The van der Waals surface area contributed by atoms with E-state index in [0.717, 1.165) is 40.7 Å². The molecule has 9 heteroatoms. The van der Waals surface area contributed by atoms with Crippen LogP contribution in [0.2, 0.25) is 0 Å². The molecular formula is C24H23BrN2O4S2. The van der Waals surface area contributed by atoms with E-state index in [4.69, 9.17) is 21.7 Å². The minimum absolute atomic E-state index is 0.0632. The van der Waals surface area contributed by atoms with Crippen LogP contribution >= 0.6 is 39.9 Å². The molecule has 2 amide bonds. The Bertz CT molecular complexity index is 1100. The van der Waals surface area contributed by atoms with Crippen LogP contribution in [-0.4, -0.2) is 46.9 Å². The number of aryl methyl sites for hydroxylation is 1. The first-order chi connectivity index (χ1) is 15.9. The summed E-state index contributed by atoms with van der Waals surface area (Å²) in [6.07, 6.45) is 3.86. The number of hydrogen-bond acceptors (Lipinski definition) is 6. The summed E-state index contributed by atoms with van der Waals surface area (Å²) in [6.45, 7) is 3.11. The molecule has 2 aromatic rings. The predicted molar refractivity (Wildman–Crippen MR) is 138 cm³/mol. The molecule has 1 N–H and O–H groups in total. The largest absolute Gasteiger partial charge is 0.484 e. The number of halogens is 1. The summed E-state index contributed by atoms with van der Waals surface area (Å²) >= 11 is 10.1. The van der Waals surface area contributed by atoms with Gasteiger partial charge in [0.05, 0.1) is 17.6 Å². The molecule has 2 fully saturated rings. The van der Waals surface area contributed by atoms with Crippen molar-refractivity contribution >= 4 is 67.8 Å². The van der Waals surface area contributed by atoms with Crippen LogP contribution in [0.15, 0.2) is 51.8 Å². The van der Waals surface area contributed by atoms with Gasteiger partial charge in [-0.15, -0.1) is 0 Å². The van der Waals surface area contributed by atoms with Gasteiger partial charge in [-0.25, -0.2) is 0 Å². The lowest BCUT2D eigenvalue weighted by Gasteiger charge is -2.18. The maximum atomic E-state index is 12.8. The van der Waals surface area contributed by atoms with Crippen LogP contribution in [0.25, 0.3) is 6.08 Å². The van der Waals surface area contributed by atoms with E-state index in [0.29, 0.717) is 21.5 Å². The third-order valence-electron chi connectivity index (χ3n) is 5.27. The Kier molecular flexibility index (Phi) is 7.85. The molecule has 0 bridgehead atoms. The second kappa shape index (κ2) is 10.8. The maximum absolute atomic E-state index is 12.8. The molecular weight excluding hydrogens is 524 g/mol. The zero-order valence-corrected chi connectivity index (χ0v) is 21.2. The summed E-state index contributed by atoms with van der Waals surface area (Å²) in [5.74, 6) is 0.247. The first kappa shape index (κ1) is 23.9. The predicted octanol–water partition coefficient (Wildman–Crippen LogP) is 5.16. The zero-order valence-electron chi connectivity index (χ0n) is 18.0. The van der Waals surface area contributed by atoms with Crippen molar-refractivity contribution in [3.8, 4) is 5.75 Å². The van der Waals surface area contributed by atoms with Crippen LogP contribution in [0.5, 0.6) is 5.75 Å². The Morgan fingerprint density at radius 3 is 2.82 bits per heavy atom. The smallest absolute Gasteiger partial charge is 0.266 e. The van der Waals surface area contributed by atoms with Crippen LogP contribution < -0.4 is 10.1 Å². The molecule has 172 valence electrons. The van der Waals surface area contributed by atoms with Gasteiger partial charge in [-0.05, 0) is 67.3 Å². The monoisotopic (exact) mass is 546 g/mol. The van der Waals surface area contributed by atoms with E-state index in [1.807, 2.05) is 43.3 Å². The SMILES string of the molecule is Cc1cc(NC(=O)COc2ccc(/C=C3\SC(=S)N(C[C@H]4CCCO4)C3=O)cc2)ccc1Br. The van der Waals surface area contributed by atoms with E-state index in [9.17, 15) is 9.59 Å². The number of rotatable bonds is 7. The lowest BCUT2D eigenvalue weighted by atomic mass is 10.2. The van der Waals surface area contributed by atoms with Crippen LogP contribution in [0.3, 0.4) is 0 Å². The molecule has 2 saturated heterocycles. The van der Waals surface area contributed by atoms with Gasteiger partial charge in [0.25, 0.3) is 11.8 Å². The first-order valence-corrected chi connectivity index (χ1v) is 12.6. The number of hydrogen-bond donors (Lipinski definition) is 1. The zero-order chi connectivity index (χ0) is 23.4. The van der Waals surface area contributed by atoms with E-state index in [-0.39, 0.29) is 24.5 Å². The van der Waals surface area contributed by atoms with Gasteiger partial charge in [0.15, 0.2) is 6.61 Å². The summed E-state index contributed by atoms with van der Waals surface area (Å²) in [5.41, 5.74) is 2.61. The third-order valence-corrected chi connectivity index (χ3v) is 7.54. The number of ether oxygens (including phenoxy) is 2. The summed E-state index contributed by atoms with van der Waals surface area (Å²) in [7, 11) is 0. The number of thiocarbonyl (C=S) groups is 1. The van der Waals surface area contributed by atoms with Gasteiger partial charge in [0.2, 0.25) is 0 Å². The molecule has 0 unspecified atom stereocenters. The highest BCUT2D eigenvalue weighted by atomic mass is 79.9. The van der Waals surface area contributed by atoms with Crippen molar-refractivity contribution in [1.82, 2.24) is 4.90 Å². The fourth-order valence-electron chi connectivity index (χ4n) is 3.53. The van der Waals surface area contributed by atoms with Gasteiger partial charge >= 0.3 is 0 Å². The van der Waals surface area contributed by atoms with Crippen LogP contribution in [0.1, 0.15) is 24.0 Å². The lowest BCUT2D eigenvalue weighted by Crippen LogP contribution is -2.35. The lowest BCUT2D eigenvalue weighted by molar-refractivity contribution is -0.123. The molecule has 4 rings (SSSR count). The highest BCUT2D eigenvalue weighted by Gasteiger charge is 2.34. The Morgan fingerprint density at radius 2 is 2.12 bits per heavy atom. The van der Waals surface area contributed by atoms with Crippen molar-refractivity contribution < 1.29 is 19.1 Å². The Hall–Kier alpha value is -2.20. The molecule has 0 aliphatic carbocycles. The normalized spacial score (nSPS) is 19.4. The van der Waals surface area contributed by atoms with Crippen molar-refractivity contribution in [1.29, 1.82) is 0 Å². The number of benzene rings is 2. The molecule has 1 atom stereocenters. The summed E-state index contributed by atoms with van der Waals surface area (Å²) in [6, 6.07) is 12.8. The van der Waals surface area contributed by atoms with E-state index >= 15 is 0 Å². The van der Waals surface area contributed by atoms with Crippen molar-refractivity contribution in [2.75, 3.05) is 25.1 Å². The van der Waals surface area contributed by atoms with Gasteiger partial charge in [0, 0.05) is 16.8 Å². The van der Waals surface area contributed by atoms with Gasteiger partial charge in [-0.3, -0.25) is 14.5 Å². The highest BCUT2D eigenvalue weighted by Crippen LogP contribution is 2.33.